The summed E-state index contributed by atoms with van der Waals surface area (Å²) in [5.74, 6) is 1.18. The van der Waals surface area contributed by atoms with Crippen LogP contribution in [-0.2, 0) is 4.79 Å². The SMILES string of the molecule is COc1ccc(-n2nc3ccc(NC(=O)COc4ccc(C)cc4)cc3n2)cc1. The monoisotopic (exact) mass is 388 g/mol. The first-order valence-corrected chi connectivity index (χ1v) is 9.11. The third-order valence-electron chi connectivity index (χ3n) is 4.36. The van der Waals surface area contributed by atoms with Gasteiger partial charge in [0.15, 0.2) is 6.61 Å². The Kier molecular flexibility index (Phi) is 5.11. The Balaban J connectivity index is 1.44. The van der Waals surface area contributed by atoms with Crippen molar-refractivity contribution in [3.63, 3.8) is 0 Å². The number of aryl methyl sites for hydroxylation is 1. The Morgan fingerprint density at radius 2 is 1.62 bits per heavy atom. The summed E-state index contributed by atoms with van der Waals surface area (Å²) in [6.45, 7) is 1.93. The van der Waals surface area contributed by atoms with E-state index in [4.69, 9.17) is 9.47 Å². The summed E-state index contributed by atoms with van der Waals surface area (Å²) >= 11 is 0. The van der Waals surface area contributed by atoms with Crippen molar-refractivity contribution in [1.29, 1.82) is 0 Å². The van der Waals surface area contributed by atoms with E-state index in [1.54, 1.807) is 24.0 Å². The van der Waals surface area contributed by atoms with Gasteiger partial charge in [-0.05, 0) is 61.5 Å². The Bertz CT molecular complexity index is 1140. The Morgan fingerprint density at radius 1 is 0.931 bits per heavy atom. The molecule has 0 fully saturated rings. The molecular weight excluding hydrogens is 368 g/mol. The molecule has 7 heteroatoms. The largest absolute Gasteiger partial charge is 0.497 e. The van der Waals surface area contributed by atoms with Gasteiger partial charge < -0.3 is 14.8 Å². The van der Waals surface area contributed by atoms with Crippen molar-refractivity contribution >= 4 is 22.6 Å². The molecule has 4 rings (SSSR count). The van der Waals surface area contributed by atoms with Crippen LogP contribution in [0.2, 0.25) is 0 Å². The molecule has 0 radical (unpaired) electrons. The van der Waals surface area contributed by atoms with E-state index in [-0.39, 0.29) is 12.5 Å². The van der Waals surface area contributed by atoms with Crippen molar-refractivity contribution in [2.75, 3.05) is 19.0 Å². The quantitative estimate of drug-likeness (QED) is 0.544. The van der Waals surface area contributed by atoms with E-state index in [0.717, 1.165) is 22.5 Å². The highest BCUT2D eigenvalue weighted by Crippen LogP contribution is 2.19. The van der Waals surface area contributed by atoms with Gasteiger partial charge >= 0.3 is 0 Å². The van der Waals surface area contributed by atoms with Crippen molar-refractivity contribution in [3.05, 3.63) is 72.3 Å². The van der Waals surface area contributed by atoms with Crippen LogP contribution in [0.1, 0.15) is 5.56 Å². The van der Waals surface area contributed by atoms with E-state index in [1.807, 2.05) is 61.5 Å². The highest BCUT2D eigenvalue weighted by molar-refractivity contribution is 5.93. The molecule has 146 valence electrons. The van der Waals surface area contributed by atoms with Crippen LogP contribution in [0.5, 0.6) is 11.5 Å². The molecule has 0 spiro atoms. The minimum absolute atomic E-state index is 0.0698. The van der Waals surface area contributed by atoms with Gasteiger partial charge in [0.1, 0.15) is 22.5 Å². The molecule has 0 unspecified atom stereocenters. The highest BCUT2D eigenvalue weighted by Gasteiger charge is 2.09. The lowest BCUT2D eigenvalue weighted by atomic mass is 10.2. The number of carbonyl (C=O) groups excluding carboxylic acids is 1. The number of methoxy groups -OCH3 is 1. The number of nitrogens with zero attached hydrogens (tertiary/aromatic N) is 3. The molecule has 7 nitrogen and oxygen atoms in total. The second-order valence-electron chi connectivity index (χ2n) is 6.54. The van der Waals surface area contributed by atoms with Crippen LogP contribution in [0.4, 0.5) is 5.69 Å². The van der Waals surface area contributed by atoms with Crippen molar-refractivity contribution in [1.82, 2.24) is 15.0 Å². The molecule has 0 aliphatic heterocycles. The van der Waals surface area contributed by atoms with Crippen molar-refractivity contribution in [2.24, 2.45) is 0 Å². The van der Waals surface area contributed by atoms with Crippen LogP contribution in [0, 0.1) is 6.92 Å². The van der Waals surface area contributed by atoms with Gasteiger partial charge in [-0.3, -0.25) is 4.79 Å². The fourth-order valence-corrected chi connectivity index (χ4v) is 2.80. The van der Waals surface area contributed by atoms with Crippen LogP contribution < -0.4 is 14.8 Å². The van der Waals surface area contributed by atoms with Gasteiger partial charge in [0, 0.05) is 5.69 Å². The third-order valence-corrected chi connectivity index (χ3v) is 4.36. The van der Waals surface area contributed by atoms with Crippen LogP contribution >= 0.6 is 0 Å². The first-order chi connectivity index (χ1) is 14.1. The van der Waals surface area contributed by atoms with Gasteiger partial charge in [0.25, 0.3) is 5.91 Å². The van der Waals surface area contributed by atoms with Crippen molar-refractivity contribution < 1.29 is 14.3 Å². The summed E-state index contributed by atoms with van der Waals surface area (Å²) in [6, 6.07) is 20.4. The van der Waals surface area contributed by atoms with Gasteiger partial charge in [-0.1, -0.05) is 17.7 Å². The highest BCUT2D eigenvalue weighted by atomic mass is 16.5. The molecule has 3 aromatic carbocycles. The van der Waals surface area contributed by atoms with E-state index in [2.05, 4.69) is 15.5 Å². The molecule has 0 aliphatic rings. The maximum Gasteiger partial charge on any atom is 0.262 e. The predicted molar refractivity (Wildman–Crippen MR) is 111 cm³/mol. The van der Waals surface area contributed by atoms with Gasteiger partial charge in [-0.15, -0.1) is 10.2 Å². The molecule has 0 saturated heterocycles. The van der Waals surface area contributed by atoms with Gasteiger partial charge in [0.2, 0.25) is 0 Å². The standard InChI is InChI=1S/C22H20N4O3/c1-15-3-8-19(9-4-15)29-14-22(27)23-16-5-12-20-21(13-16)25-26(24-20)17-6-10-18(28-2)11-7-17/h3-13H,14H2,1-2H3,(H,23,27). The topological polar surface area (TPSA) is 78.3 Å². The minimum atomic E-state index is -0.243. The number of hydrogen-bond acceptors (Lipinski definition) is 5. The molecule has 0 saturated carbocycles. The number of ether oxygens (including phenoxy) is 2. The number of amides is 1. The molecule has 1 N–H and O–H groups in total. The third kappa shape index (κ3) is 4.35. The zero-order valence-corrected chi connectivity index (χ0v) is 16.1. The lowest BCUT2D eigenvalue weighted by Gasteiger charge is -2.07. The molecule has 0 aliphatic carbocycles. The molecule has 4 aromatic rings. The molecular formula is C22H20N4O3. The number of nitrogens with one attached hydrogen (secondary N) is 1. The normalized spacial score (nSPS) is 10.7. The van der Waals surface area contributed by atoms with Crippen molar-refractivity contribution in [2.45, 2.75) is 6.92 Å². The number of benzene rings is 3. The maximum absolute atomic E-state index is 12.2. The average Bonchev–Trinajstić information content (AvgIpc) is 3.17. The van der Waals surface area contributed by atoms with E-state index in [0.29, 0.717) is 17.0 Å². The Labute approximate surface area is 167 Å². The molecule has 0 bridgehead atoms. The first-order valence-electron chi connectivity index (χ1n) is 9.11. The minimum Gasteiger partial charge on any atom is -0.497 e. The van der Waals surface area contributed by atoms with E-state index >= 15 is 0 Å². The first kappa shape index (κ1) is 18.5. The molecule has 1 aromatic heterocycles. The zero-order valence-electron chi connectivity index (χ0n) is 16.1. The maximum atomic E-state index is 12.2. The van der Waals surface area contributed by atoms with Crippen LogP contribution in [0.15, 0.2) is 66.7 Å². The summed E-state index contributed by atoms with van der Waals surface area (Å²) in [7, 11) is 1.62. The summed E-state index contributed by atoms with van der Waals surface area (Å²) in [5, 5.41) is 11.8. The number of hydrogen-bond donors (Lipinski definition) is 1. The summed E-state index contributed by atoms with van der Waals surface area (Å²) < 4.78 is 10.7. The second kappa shape index (κ2) is 8.02. The lowest BCUT2D eigenvalue weighted by Crippen LogP contribution is -2.20. The number of anilines is 1. The summed E-state index contributed by atoms with van der Waals surface area (Å²) in [6.07, 6.45) is 0. The fraction of sp³-hybridized carbons (Fsp3) is 0.136. The van der Waals surface area contributed by atoms with E-state index in [9.17, 15) is 4.79 Å². The van der Waals surface area contributed by atoms with Crippen molar-refractivity contribution in [3.8, 4) is 17.2 Å². The van der Waals surface area contributed by atoms with Crippen LogP contribution in [0.25, 0.3) is 16.7 Å². The predicted octanol–water partition coefficient (Wildman–Crippen LogP) is 3.76. The molecule has 0 atom stereocenters. The number of carbonyl (C=O) groups is 1. The molecule has 1 amide bonds. The Morgan fingerprint density at radius 3 is 2.34 bits per heavy atom. The summed E-state index contributed by atoms with van der Waals surface area (Å²) in [5.41, 5.74) is 4.00. The van der Waals surface area contributed by atoms with E-state index in [1.165, 1.54) is 0 Å². The fourth-order valence-electron chi connectivity index (χ4n) is 2.80. The van der Waals surface area contributed by atoms with Crippen LogP contribution in [-0.4, -0.2) is 34.6 Å². The number of fused-ring (bicyclic) bond motifs is 1. The van der Waals surface area contributed by atoms with E-state index < -0.39 is 0 Å². The smallest absolute Gasteiger partial charge is 0.262 e. The second-order valence-corrected chi connectivity index (χ2v) is 6.54. The molecule has 1 heterocycles. The van der Waals surface area contributed by atoms with Gasteiger partial charge in [-0.25, -0.2) is 0 Å². The Hall–Kier alpha value is -3.87. The lowest BCUT2D eigenvalue weighted by molar-refractivity contribution is -0.118. The van der Waals surface area contributed by atoms with Crippen LogP contribution in [0.3, 0.4) is 0 Å². The zero-order chi connectivity index (χ0) is 20.2. The number of aromatic nitrogens is 3. The summed E-state index contributed by atoms with van der Waals surface area (Å²) in [4.78, 5) is 13.7. The van der Waals surface area contributed by atoms with Gasteiger partial charge in [-0.2, -0.15) is 4.80 Å². The average molecular weight is 388 g/mol. The van der Waals surface area contributed by atoms with Gasteiger partial charge in [0.05, 0.1) is 12.8 Å². The number of rotatable bonds is 6. The molecule has 29 heavy (non-hydrogen) atoms.